The highest BCUT2D eigenvalue weighted by Crippen LogP contribution is 2.23. The van der Waals surface area contributed by atoms with E-state index >= 15 is 0 Å². The van der Waals surface area contributed by atoms with Crippen LogP contribution < -0.4 is 5.32 Å². The van der Waals surface area contributed by atoms with Gasteiger partial charge in [0.1, 0.15) is 5.82 Å². The molecule has 0 fully saturated rings. The minimum absolute atomic E-state index is 0.743. The van der Waals surface area contributed by atoms with Crippen molar-refractivity contribution in [1.29, 1.82) is 0 Å². The zero-order valence-electron chi connectivity index (χ0n) is 10.3. The third-order valence-corrected chi connectivity index (χ3v) is 2.81. The molecule has 3 nitrogen and oxygen atoms in total. The number of hydrogen-bond donors (Lipinski definition) is 1. The van der Waals surface area contributed by atoms with Crippen LogP contribution in [0.2, 0.25) is 0 Å². The number of aromatic nitrogens is 2. The lowest BCUT2D eigenvalue weighted by molar-refractivity contribution is 1.20. The summed E-state index contributed by atoms with van der Waals surface area (Å²) in [6.45, 7) is 0. The Morgan fingerprint density at radius 2 is 1.63 bits per heavy atom. The zero-order valence-corrected chi connectivity index (χ0v) is 10.3. The molecule has 3 rings (SSSR count). The smallest absolute Gasteiger partial charge is 0.148 e. The van der Waals surface area contributed by atoms with E-state index < -0.39 is 0 Å². The summed E-state index contributed by atoms with van der Waals surface area (Å²) in [5.41, 5.74) is 3.38. The molecule has 0 aliphatic heterocycles. The van der Waals surface area contributed by atoms with Gasteiger partial charge in [0.15, 0.2) is 0 Å². The summed E-state index contributed by atoms with van der Waals surface area (Å²) in [6.07, 6.45) is 5.03. The maximum absolute atomic E-state index is 4.20. The first-order chi connectivity index (χ1) is 9.42. The molecule has 0 bridgehead atoms. The van der Waals surface area contributed by atoms with Crippen LogP contribution in [-0.2, 0) is 0 Å². The molecule has 0 aliphatic rings. The highest BCUT2D eigenvalue weighted by molar-refractivity contribution is 5.69. The van der Waals surface area contributed by atoms with Gasteiger partial charge in [0.2, 0.25) is 0 Å². The number of anilines is 2. The topological polar surface area (TPSA) is 37.8 Å². The Hall–Kier alpha value is -2.68. The van der Waals surface area contributed by atoms with Crippen molar-refractivity contribution >= 4 is 11.5 Å². The first kappa shape index (κ1) is 11.4. The highest BCUT2D eigenvalue weighted by atomic mass is 15.0. The van der Waals surface area contributed by atoms with Crippen LogP contribution in [0.5, 0.6) is 0 Å². The summed E-state index contributed by atoms with van der Waals surface area (Å²) >= 11 is 0. The van der Waals surface area contributed by atoms with E-state index in [2.05, 4.69) is 39.6 Å². The molecule has 1 aromatic heterocycles. The number of nitrogens with zero attached hydrogens (tertiary/aromatic N) is 2. The van der Waals surface area contributed by atoms with E-state index in [1.54, 1.807) is 18.6 Å². The lowest BCUT2D eigenvalue weighted by Crippen LogP contribution is -1.93. The van der Waals surface area contributed by atoms with E-state index in [-0.39, 0.29) is 0 Å². The van der Waals surface area contributed by atoms with Crippen molar-refractivity contribution in [2.24, 2.45) is 0 Å². The van der Waals surface area contributed by atoms with E-state index in [0.29, 0.717) is 0 Å². The van der Waals surface area contributed by atoms with Crippen LogP contribution >= 0.6 is 0 Å². The summed E-state index contributed by atoms with van der Waals surface area (Å²) in [6, 6.07) is 18.5. The molecule has 0 amide bonds. The Bertz CT molecular complexity index is 651. The fraction of sp³-hybridized carbons (Fsp3) is 0. The van der Waals surface area contributed by atoms with Gasteiger partial charge in [-0.1, -0.05) is 42.5 Å². The first-order valence-electron chi connectivity index (χ1n) is 6.10. The van der Waals surface area contributed by atoms with Gasteiger partial charge in [-0.05, 0) is 23.3 Å². The highest BCUT2D eigenvalue weighted by Gasteiger charge is 1.99. The van der Waals surface area contributed by atoms with Crippen LogP contribution in [0.15, 0.2) is 73.2 Å². The van der Waals surface area contributed by atoms with Crippen molar-refractivity contribution in [1.82, 2.24) is 9.97 Å². The normalized spacial score (nSPS) is 10.1. The van der Waals surface area contributed by atoms with Gasteiger partial charge >= 0.3 is 0 Å². The Balaban J connectivity index is 1.89. The van der Waals surface area contributed by atoms with Crippen molar-refractivity contribution < 1.29 is 0 Å². The molecule has 1 N–H and O–H groups in total. The van der Waals surface area contributed by atoms with Gasteiger partial charge in [0.05, 0.1) is 6.20 Å². The molecule has 0 spiro atoms. The summed E-state index contributed by atoms with van der Waals surface area (Å²) in [4.78, 5) is 8.24. The fourth-order valence-corrected chi connectivity index (χ4v) is 1.92. The molecule has 0 aliphatic carbocycles. The van der Waals surface area contributed by atoms with Gasteiger partial charge in [-0.15, -0.1) is 0 Å². The van der Waals surface area contributed by atoms with Crippen LogP contribution in [0, 0.1) is 0 Å². The molecular formula is C16H13N3. The number of rotatable bonds is 3. The van der Waals surface area contributed by atoms with Crippen molar-refractivity contribution in [3.63, 3.8) is 0 Å². The summed E-state index contributed by atoms with van der Waals surface area (Å²) in [5.74, 6) is 0.743. The maximum atomic E-state index is 4.20. The van der Waals surface area contributed by atoms with E-state index in [4.69, 9.17) is 0 Å². The Kier molecular flexibility index (Phi) is 3.19. The van der Waals surface area contributed by atoms with Crippen LogP contribution in [0.3, 0.4) is 0 Å². The minimum Gasteiger partial charge on any atom is -0.339 e. The van der Waals surface area contributed by atoms with Gasteiger partial charge in [0.25, 0.3) is 0 Å². The van der Waals surface area contributed by atoms with E-state index in [1.165, 1.54) is 11.1 Å². The van der Waals surface area contributed by atoms with Crippen LogP contribution in [-0.4, -0.2) is 9.97 Å². The number of nitrogens with one attached hydrogen (secondary N) is 1. The van der Waals surface area contributed by atoms with E-state index in [9.17, 15) is 0 Å². The Morgan fingerprint density at radius 1 is 0.789 bits per heavy atom. The summed E-state index contributed by atoms with van der Waals surface area (Å²) < 4.78 is 0. The molecule has 2 aromatic carbocycles. The largest absolute Gasteiger partial charge is 0.339 e. The first-order valence-corrected chi connectivity index (χ1v) is 6.10. The molecule has 3 aromatic rings. The molecular weight excluding hydrogens is 234 g/mol. The second kappa shape index (κ2) is 5.31. The SMILES string of the molecule is c1ccc(-c2cccc(Nc3cnccn3)c2)cc1. The van der Waals surface area contributed by atoms with Gasteiger partial charge in [-0.2, -0.15) is 0 Å². The number of hydrogen-bond acceptors (Lipinski definition) is 3. The molecule has 0 atom stereocenters. The molecule has 1 heterocycles. The van der Waals surface area contributed by atoms with Gasteiger partial charge < -0.3 is 5.32 Å². The second-order valence-electron chi connectivity index (χ2n) is 4.16. The molecule has 3 heteroatoms. The van der Waals surface area contributed by atoms with Crippen LogP contribution in [0.25, 0.3) is 11.1 Å². The van der Waals surface area contributed by atoms with Crippen molar-refractivity contribution in [3.05, 3.63) is 73.2 Å². The lowest BCUT2D eigenvalue weighted by atomic mass is 10.1. The molecule has 92 valence electrons. The summed E-state index contributed by atoms with van der Waals surface area (Å²) in [5, 5.41) is 3.24. The van der Waals surface area contributed by atoms with Crippen LogP contribution in [0.1, 0.15) is 0 Å². The predicted molar refractivity (Wildman–Crippen MR) is 77.2 cm³/mol. The fourth-order valence-electron chi connectivity index (χ4n) is 1.92. The average Bonchev–Trinajstić information content (AvgIpc) is 2.49. The molecule has 0 saturated heterocycles. The van der Waals surface area contributed by atoms with Crippen molar-refractivity contribution in [2.75, 3.05) is 5.32 Å². The predicted octanol–water partition coefficient (Wildman–Crippen LogP) is 3.89. The molecule has 0 saturated carbocycles. The summed E-state index contributed by atoms with van der Waals surface area (Å²) in [7, 11) is 0. The average molecular weight is 247 g/mol. The third kappa shape index (κ3) is 2.77. The zero-order chi connectivity index (χ0) is 12.9. The minimum atomic E-state index is 0.743. The maximum Gasteiger partial charge on any atom is 0.148 e. The van der Waals surface area contributed by atoms with Crippen molar-refractivity contribution in [2.45, 2.75) is 0 Å². The number of benzene rings is 2. The third-order valence-electron chi connectivity index (χ3n) is 2.81. The van der Waals surface area contributed by atoms with Gasteiger partial charge in [-0.3, -0.25) is 4.98 Å². The molecule has 0 radical (unpaired) electrons. The molecule has 0 unspecified atom stereocenters. The Labute approximate surface area is 112 Å². The van der Waals surface area contributed by atoms with Crippen molar-refractivity contribution in [3.8, 4) is 11.1 Å². The second-order valence-corrected chi connectivity index (χ2v) is 4.16. The standard InChI is InChI=1S/C16H13N3/c1-2-5-13(6-3-1)14-7-4-8-15(11-14)19-16-12-17-9-10-18-16/h1-12H,(H,18,19). The van der Waals surface area contributed by atoms with E-state index in [1.807, 2.05) is 30.3 Å². The lowest BCUT2D eigenvalue weighted by Gasteiger charge is -2.07. The van der Waals surface area contributed by atoms with Gasteiger partial charge in [-0.25, -0.2) is 4.98 Å². The molecule has 19 heavy (non-hydrogen) atoms. The Morgan fingerprint density at radius 3 is 2.42 bits per heavy atom. The van der Waals surface area contributed by atoms with Crippen LogP contribution in [0.4, 0.5) is 11.5 Å². The van der Waals surface area contributed by atoms with E-state index in [0.717, 1.165) is 11.5 Å². The quantitative estimate of drug-likeness (QED) is 0.763. The monoisotopic (exact) mass is 247 g/mol. The van der Waals surface area contributed by atoms with Gasteiger partial charge in [0, 0.05) is 18.1 Å².